The number of hydrogen-bond donors (Lipinski definition) is 1. The summed E-state index contributed by atoms with van der Waals surface area (Å²) in [5.74, 6) is -0.594. The largest absolute Gasteiger partial charge is 0.465 e. The van der Waals surface area contributed by atoms with Gasteiger partial charge >= 0.3 is 5.97 Å². The van der Waals surface area contributed by atoms with Crippen LogP contribution in [0.3, 0.4) is 0 Å². The van der Waals surface area contributed by atoms with Crippen LogP contribution in [0.5, 0.6) is 0 Å². The van der Waals surface area contributed by atoms with Crippen molar-refractivity contribution >= 4 is 23.6 Å². The van der Waals surface area contributed by atoms with Crippen molar-refractivity contribution in [3.8, 4) is 0 Å². The third-order valence-electron chi connectivity index (χ3n) is 4.49. The molecule has 0 atom stereocenters. The summed E-state index contributed by atoms with van der Waals surface area (Å²) in [7, 11) is 1.34. The molecule has 0 saturated carbocycles. The van der Waals surface area contributed by atoms with Crippen LogP contribution in [-0.4, -0.2) is 50.2 Å². The van der Waals surface area contributed by atoms with E-state index in [-0.39, 0.29) is 11.9 Å². The Morgan fingerprint density at radius 1 is 1.07 bits per heavy atom. The molecular formula is C22H24N2O4. The van der Waals surface area contributed by atoms with Crippen LogP contribution in [0.15, 0.2) is 54.6 Å². The lowest BCUT2D eigenvalue weighted by Crippen LogP contribution is -2.35. The van der Waals surface area contributed by atoms with Gasteiger partial charge in [-0.25, -0.2) is 4.79 Å². The van der Waals surface area contributed by atoms with Gasteiger partial charge in [-0.3, -0.25) is 9.69 Å². The predicted molar refractivity (Wildman–Crippen MR) is 108 cm³/mol. The number of anilines is 1. The van der Waals surface area contributed by atoms with Crippen molar-refractivity contribution < 1.29 is 19.1 Å². The third kappa shape index (κ3) is 5.77. The van der Waals surface area contributed by atoms with E-state index in [1.54, 1.807) is 30.3 Å². The highest BCUT2D eigenvalue weighted by Gasteiger charge is 2.10. The number of rotatable bonds is 6. The Labute approximate surface area is 164 Å². The maximum Gasteiger partial charge on any atom is 0.337 e. The molecule has 2 aromatic rings. The minimum atomic E-state index is -0.384. The number of methoxy groups -OCH3 is 1. The van der Waals surface area contributed by atoms with Gasteiger partial charge in [0.2, 0.25) is 5.91 Å². The van der Waals surface area contributed by atoms with Crippen molar-refractivity contribution in [2.75, 3.05) is 38.7 Å². The highest BCUT2D eigenvalue weighted by atomic mass is 16.5. The average molecular weight is 380 g/mol. The SMILES string of the molecule is COC(=O)c1ccc(/C=C/C(=O)Nc2ccc(CN3CCOCC3)cc2)cc1. The van der Waals surface area contributed by atoms with E-state index in [9.17, 15) is 9.59 Å². The molecule has 1 N–H and O–H groups in total. The van der Waals surface area contributed by atoms with Crippen LogP contribution in [0.2, 0.25) is 0 Å². The number of nitrogens with one attached hydrogen (secondary N) is 1. The highest BCUT2D eigenvalue weighted by Crippen LogP contribution is 2.13. The van der Waals surface area contributed by atoms with E-state index in [1.807, 2.05) is 24.3 Å². The normalized spacial score (nSPS) is 14.8. The van der Waals surface area contributed by atoms with Gasteiger partial charge in [-0.1, -0.05) is 24.3 Å². The summed E-state index contributed by atoms with van der Waals surface area (Å²) in [4.78, 5) is 25.9. The average Bonchev–Trinajstić information content (AvgIpc) is 2.74. The predicted octanol–water partition coefficient (Wildman–Crippen LogP) is 2.96. The first kappa shape index (κ1) is 19.8. The zero-order valence-electron chi connectivity index (χ0n) is 15.9. The van der Waals surface area contributed by atoms with Crippen LogP contribution in [0.4, 0.5) is 5.69 Å². The van der Waals surface area contributed by atoms with Crippen molar-refractivity contribution in [3.05, 3.63) is 71.3 Å². The van der Waals surface area contributed by atoms with Crippen molar-refractivity contribution in [1.82, 2.24) is 4.90 Å². The molecule has 2 aromatic carbocycles. The number of ether oxygens (including phenoxy) is 2. The van der Waals surface area contributed by atoms with Gasteiger partial charge in [-0.15, -0.1) is 0 Å². The minimum Gasteiger partial charge on any atom is -0.465 e. The van der Waals surface area contributed by atoms with E-state index in [2.05, 4.69) is 15.0 Å². The van der Waals surface area contributed by atoms with Crippen LogP contribution in [0.1, 0.15) is 21.5 Å². The molecule has 28 heavy (non-hydrogen) atoms. The summed E-state index contributed by atoms with van der Waals surface area (Å²) < 4.78 is 10.0. The molecule has 1 amide bonds. The molecule has 6 nitrogen and oxygen atoms in total. The fourth-order valence-electron chi connectivity index (χ4n) is 2.91. The molecule has 0 unspecified atom stereocenters. The Kier molecular flexibility index (Phi) is 6.94. The molecule has 1 saturated heterocycles. The summed E-state index contributed by atoms with van der Waals surface area (Å²) in [5, 5.41) is 2.85. The second-order valence-corrected chi connectivity index (χ2v) is 6.52. The Morgan fingerprint density at radius 2 is 1.75 bits per heavy atom. The molecule has 0 radical (unpaired) electrons. The molecule has 3 rings (SSSR count). The molecule has 0 aliphatic carbocycles. The number of carbonyl (C=O) groups excluding carboxylic acids is 2. The lowest BCUT2D eigenvalue weighted by Gasteiger charge is -2.26. The van der Waals surface area contributed by atoms with E-state index >= 15 is 0 Å². The zero-order valence-corrected chi connectivity index (χ0v) is 15.9. The van der Waals surface area contributed by atoms with E-state index in [4.69, 9.17) is 4.74 Å². The topological polar surface area (TPSA) is 67.9 Å². The lowest BCUT2D eigenvalue weighted by atomic mass is 10.1. The number of esters is 1. The van der Waals surface area contributed by atoms with Crippen molar-refractivity contribution in [3.63, 3.8) is 0 Å². The summed E-state index contributed by atoms with van der Waals surface area (Å²) in [6.07, 6.45) is 3.16. The quantitative estimate of drug-likeness (QED) is 0.616. The summed E-state index contributed by atoms with van der Waals surface area (Å²) in [6, 6.07) is 14.7. The number of hydrogen-bond acceptors (Lipinski definition) is 5. The van der Waals surface area contributed by atoms with Crippen molar-refractivity contribution in [1.29, 1.82) is 0 Å². The molecule has 146 valence electrons. The fraction of sp³-hybridized carbons (Fsp3) is 0.273. The van der Waals surface area contributed by atoms with E-state index < -0.39 is 0 Å². The van der Waals surface area contributed by atoms with Crippen LogP contribution < -0.4 is 5.32 Å². The molecular weight excluding hydrogens is 356 g/mol. The number of nitrogens with zero attached hydrogens (tertiary/aromatic N) is 1. The Balaban J connectivity index is 1.51. The van der Waals surface area contributed by atoms with Gasteiger partial charge in [0.15, 0.2) is 0 Å². The monoisotopic (exact) mass is 380 g/mol. The molecule has 1 aliphatic heterocycles. The third-order valence-corrected chi connectivity index (χ3v) is 4.49. The summed E-state index contributed by atoms with van der Waals surface area (Å²) in [6.45, 7) is 4.35. The zero-order chi connectivity index (χ0) is 19.8. The second-order valence-electron chi connectivity index (χ2n) is 6.52. The van der Waals surface area contributed by atoms with Crippen molar-refractivity contribution in [2.45, 2.75) is 6.54 Å². The highest BCUT2D eigenvalue weighted by molar-refractivity contribution is 6.02. The molecule has 1 fully saturated rings. The van der Waals surface area contributed by atoms with Crippen LogP contribution in [0.25, 0.3) is 6.08 Å². The number of benzene rings is 2. The molecule has 1 aliphatic rings. The Bertz CT molecular complexity index is 823. The molecule has 1 heterocycles. The van der Waals surface area contributed by atoms with Gasteiger partial charge in [0.05, 0.1) is 25.9 Å². The van der Waals surface area contributed by atoms with Crippen LogP contribution in [0, 0.1) is 0 Å². The van der Waals surface area contributed by atoms with E-state index in [0.717, 1.165) is 44.1 Å². The lowest BCUT2D eigenvalue weighted by molar-refractivity contribution is -0.111. The van der Waals surface area contributed by atoms with Crippen LogP contribution >= 0.6 is 0 Å². The fourth-order valence-corrected chi connectivity index (χ4v) is 2.91. The maximum atomic E-state index is 12.1. The summed E-state index contributed by atoms with van der Waals surface area (Å²) >= 11 is 0. The van der Waals surface area contributed by atoms with Gasteiger partial charge in [-0.2, -0.15) is 0 Å². The van der Waals surface area contributed by atoms with Gasteiger partial charge in [0, 0.05) is 31.4 Å². The summed E-state index contributed by atoms with van der Waals surface area (Å²) in [5.41, 5.74) is 3.26. The number of morpholine rings is 1. The van der Waals surface area contributed by atoms with Gasteiger partial charge in [-0.05, 0) is 41.5 Å². The Hall–Kier alpha value is -2.96. The molecule has 0 bridgehead atoms. The molecule has 6 heteroatoms. The van der Waals surface area contributed by atoms with Gasteiger partial charge in [0.25, 0.3) is 0 Å². The van der Waals surface area contributed by atoms with Crippen LogP contribution in [-0.2, 0) is 20.8 Å². The first-order valence-electron chi connectivity index (χ1n) is 9.20. The number of carbonyl (C=O) groups is 2. The Morgan fingerprint density at radius 3 is 2.39 bits per heavy atom. The van der Waals surface area contributed by atoms with Gasteiger partial charge in [0.1, 0.15) is 0 Å². The van der Waals surface area contributed by atoms with Gasteiger partial charge < -0.3 is 14.8 Å². The van der Waals surface area contributed by atoms with E-state index in [1.165, 1.54) is 18.7 Å². The number of amides is 1. The first-order valence-corrected chi connectivity index (χ1v) is 9.20. The van der Waals surface area contributed by atoms with E-state index in [0.29, 0.717) is 5.56 Å². The van der Waals surface area contributed by atoms with Crippen molar-refractivity contribution in [2.24, 2.45) is 0 Å². The standard InChI is InChI=1S/C22H24N2O4/c1-27-22(26)19-7-2-17(3-8-19)6-11-21(25)23-20-9-4-18(5-10-20)16-24-12-14-28-15-13-24/h2-11H,12-16H2,1H3,(H,23,25)/b11-6+. The minimum absolute atomic E-state index is 0.210. The first-order chi connectivity index (χ1) is 13.6. The molecule has 0 aromatic heterocycles. The second kappa shape index (κ2) is 9.82. The molecule has 0 spiro atoms. The maximum absolute atomic E-state index is 12.1. The smallest absolute Gasteiger partial charge is 0.337 e.